The number of pyridine rings is 2. The van der Waals surface area contributed by atoms with Gasteiger partial charge in [-0.25, -0.2) is 9.97 Å². The second kappa shape index (κ2) is 7.01. The van der Waals surface area contributed by atoms with Crippen molar-refractivity contribution < 1.29 is 4.74 Å². The Labute approximate surface area is 155 Å². The van der Waals surface area contributed by atoms with Gasteiger partial charge in [0.2, 0.25) is 0 Å². The van der Waals surface area contributed by atoms with E-state index in [-0.39, 0.29) is 0 Å². The summed E-state index contributed by atoms with van der Waals surface area (Å²) >= 11 is 5.83. The number of rotatable bonds is 5. The normalized spacial score (nSPS) is 10.8. The number of halogens is 1. The molecule has 0 atom stereocenters. The van der Waals surface area contributed by atoms with E-state index in [1.807, 2.05) is 43.6 Å². The molecule has 0 saturated heterocycles. The van der Waals surface area contributed by atoms with E-state index in [1.165, 1.54) is 0 Å². The first-order valence-electron chi connectivity index (χ1n) is 8.05. The number of hydrogen-bond donors (Lipinski definition) is 1. The van der Waals surface area contributed by atoms with Crippen LogP contribution < -0.4 is 10.1 Å². The van der Waals surface area contributed by atoms with Gasteiger partial charge < -0.3 is 10.1 Å². The first-order chi connectivity index (χ1) is 12.7. The zero-order valence-electron chi connectivity index (χ0n) is 14.1. The van der Waals surface area contributed by atoms with E-state index in [2.05, 4.69) is 20.4 Å². The van der Waals surface area contributed by atoms with Gasteiger partial charge in [0.1, 0.15) is 23.3 Å². The third-order valence-electron chi connectivity index (χ3n) is 3.89. The van der Waals surface area contributed by atoms with E-state index in [0.717, 1.165) is 33.6 Å². The fourth-order valence-corrected chi connectivity index (χ4v) is 2.76. The van der Waals surface area contributed by atoms with E-state index >= 15 is 0 Å². The standard InChI is InChI=1S/C19H16ClN5O/c1-25-11-13(9-23-25)12-26-16-3-4-17-14(8-16)6-7-21-19(17)24-15-2-5-18(20)22-10-15/h2-11H,12H2,1H3,(H,21,24). The summed E-state index contributed by atoms with van der Waals surface area (Å²) < 4.78 is 7.62. The van der Waals surface area contributed by atoms with Crippen LogP contribution in [-0.4, -0.2) is 19.7 Å². The summed E-state index contributed by atoms with van der Waals surface area (Å²) in [6, 6.07) is 11.5. The molecule has 130 valence electrons. The number of fused-ring (bicyclic) bond motifs is 1. The Morgan fingerprint density at radius 3 is 2.81 bits per heavy atom. The number of nitrogens with zero attached hydrogens (tertiary/aromatic N) is 4. The zero-order valence-corrected chi connectivity index (χ0v) is 14.8. The van der Waals surface area contributed by atoms with Crippen LogP contribution >= 0.6 is 11.6 Å². The second-order valence-electron chi connectivity index (χ2n) is 5.85. The third kappa shape index (κ3) is 3.60. The zero-order chi connectivity index (χ0) is 17.9. The average molecular weight is 366 g/mol. The maximum atomic E-state index is 5.87. The highest BCUT2D eigenvalue weighted by atomic mass is 35.5. The molecule has 0 bridgehead atoms. The Morgan fingerprint density at radius 2 is 2.04 bits per heavy atom. The van der Waals surface area contributed by atoms with Crippen molar-refractivity contribution in [3.8, 4) is 5.75 Å². The molecule has 0 unspecified atom stereocenters. The van der Waals surface area contributed by atoms with E-state index < -0.39 is 0 Å². The van der Waals surface area contributed by atoms with Crippen LogP contribution in [0.3, 0.4) is 0 Å². The van der Waals surface area contributed by atoms with Crippen molar-refractivity contribution in [2.45, 2.75) is 6.61 Å². The Kier molecular flexibility index (Phi) is 4.41. The van der Waals surface area contributed by atoms with E-state index in [0.29, 0.717) is 11.8 Å². The molecule has 0 aliphatic carbocycles. The first kappa shape index (κ1) is 16.4. The van der Waals surface area contributed by atoms with Gasteiger partial charge in [0.15, 0.2) is 0 Å². The van der Waals surface area contributed by atoms with Gasteiger partial charge in [0.05, 0.1) is 18.1 Å². The van der Waals surface area contributed by atoms with Crippen molar-refractivity contribution in [2.75, 3.05) is 5.32 Å². The Balaban J connectivity index is 1.56. The Hall–Kier alpha value is -3.12. The fourth-order valence-electron chi connectivity index (χ4n) is 2.64. The van der Waals surface area contributed by atoms with Gasteiger partial charge in [0.25, 0.3) is 0 Å². The summed E-state index contributed by atoms with van der Waals surface area (Å²) in [6.07, 6.45) is 7.17. The molecule has 6 nitrogen and oxygen atoms in total. The maximum Gasteiger partial charge on any atom is 0.138 e. The van der Waals surface area contributed by atoms with E-state index in [4.69, 9.17) is 16.3 Å². The summed E-state index contributed by atoms with van der Waals surface area (Å²) in [5.41, 5.74) is 1.85. The second-order valence-corrected chi connectivity index (χ2v) is 6.24. The average Bonchev–Trinajstić information content (AvgIpc) is 3.07. The van der Waals surface area contributed by atoms with Crippen molar-refractivity contribution in [3.63, 3.8) is 0 Å². The van der Waals surface area contributed by atoms with Crippen molar-refractivity contribution in [2.24, 2.45) is 7.05 Å². The molecule has 4 rings (SSSR count). The van der Waals surface area contributed by atoms with Crippen LogP contribution in [0.15, 0.2) is 61.2 Å². The lowest BCUT2D eigenvalue weighted by molar-refractivity contribution is 0.306. The van der Waals surface area contributed by atoms with Crippen LogP contribution in [-0.2, 0) is 13.7 Å². The van der Waals surface area contributed by atoms with Gasteiger partial charge in [-0.1, -0.05) is 11.6 Å². The van der Waals surface area contributed by atoms with Gasteiger partial charge >= 0.3 is 0 Å². The summed E-state index contributed by atoms with van der Waals surface area (Å²) in [4.78, 5) is 8.50. The van der Waals surface area contributed by atoms with Crippen LogP contribution in [0.5, 0.6) is 5.75 Å². The Bertz CT molecular complexity index is 1050. The smallest absolute Gasteiger partial charge is 0.138 e. The highest BCUT2D eigenvalue weighted by Crippen LogP contribution is 2.28. The molecule has 1 aromatic carbocycles. The number of ether oxygens (including phenoxy) is 1. The number of nitrogens with one attached hydrogen (secondary N) is 1. The number of hydrogen-bond acceptors (Lipinski definition) is 5. The molecule has 3 aromatic heterocycles. The predicted molar refractivity (Wildman–Crippen MR) is 102 cm³/mol. The molecule has 4 aromatic rings. The molecule has 0 radical (unpaired) electrons. The number of anilines is 2. The monoisotopic (exact) mass is 365 g/mol. The van der Waals surface area contributed by atoms with Gasteiger partial charge in [-0.3, -0.25) is 4.68 Å². The largest absolute Gasteiger partial charge is 0.489 e. The molecule has 0 aliphatic heterocycles. The summed E-state index contributed by atoms with van der Waals surface area (Å²) in [5.74, 6) is 1.55. The third-order valence-corrected chi connectivity index (χ3v) is 4.11. The molecule has 0 aliphatic rings. The minimum Gasteiger partial charge on any atom is -0.489 e. The quantitative estimate of drug-likeness (QED) is 0.533. The molecule has 0 fully saturated rings. The van der Waals surface area contributed by atoms with Gasteiger partial charge in [-0.15, -0.1) is 0 Å². The molecule has 1 N–H and O–H groups in total. The number of aromatic nitrogens is 4. The number of aryl methyl sites for hydroxylation is 1. The maximum absolute atomic E-state index is 5.87. The Morgan fingerprint density at radius 1 is 1.12 bits per heavy atom. The molecule has 3 heterocycles. The van der Waals surface area contributed by atoms with Gasteiger partial charge in [0, 0.05) is 30.4 Å². The molecule has 7 heteroatoms. The van der Waals surface area contributed by atoms with E-state index in [9.17, 15) is 0 Å². The lowest BCUT2D eigenvalue weighted by atomic mass is 10.1. The molecular weight excluding hydrogens is 350 g/mol. The van der Waals surface area contributed by atoms with Crippen LogP contribution in [0.25, 0.3) is 10.8 Å². The number of benzene rings is 1. The fraction of sp³-hybridized carbons (Fsp3) is 0.105. The van der Waals surface area contributed by atoms with Crippen molar-refractivity contribution >= 4 is 33.9 Å². The highest BCUT2D eigenvalue weighted by molar-refractivity contribution is 6.29. The van der Waals surface area contributed by atoms with Crippen LogP contribution in [0.2, 0.25) is 5.15 Å². The van der Waals surface area contributed by atoms with Crippen LogP contribution in [0, 0.1) is 0 Å². The summed E-state index contributed by atoms with van der Waals surface area (Å²) in [6.45, 7) is 0.478. The highest BCUT2D eigenvalue weighted by Gasteiger charge is 2.06. The molecule has 0 saturated carbocycles. The van der Waals surface area contributed by atoms with Crippen molar-refractivity contribution in [3.05, 3.63) is 71.9 Å². The van der Waals surface area contributed by atoms with Crippen LogP contribution in [0.4, 0.5) is 11.5 Å². The van der Waals surface area contributed by atoms with E-state index in [1.54, 1.807) is 29.3 Å². The molecule has 26 heavy (non-hydrogen) atoms. The van der Waals surface area contributed by atoms with Gasteiger partial charge in [-0.05, 0) is 41.8 Å². The van der Waals surface area contributed by atoms with Gasteiger partial charge in [-0.2, -0.15) is 5.10 Å². The molecule has 0 spiro atoms. The SMILES string of the molecule is Cn1cc(COc2ccc3c(Nc4ccc(Cl)nc4)nccc3c2)cn1. The lowest BCUT2D eigenvalue weighted by Crippen LogP contribution is -1.97. The summed E-state index contributed by atoms with van der Waals surface area (Å²) in [7, 11) is 1.89. The minimum absolute atomic E-state index is 0.455. The minimum atomic E-state index is 0.455. The first-order valence-corrected chi connectivity index (χ1v) is 8.43. The molecule has 0 amide bonds. The van der Waals surface area contributed by atoms with Crippen molar-refractivity contribution in [1.82, 2.24) is 19.7 Å². The lowest BCUT2D eigenvalue weighted by Gasteiger charge is -2.10. The molecular formula is C19H16ClN5O. The van der Waals surface area contributed by atoms with Crippen molar-refractivity contribution in [1.29, 1.82) is 0 Å². The summed E-state index contributed by atoms with van der Waals surface area (Å²) in [5, 5.41) is 9.90. The predicted octanol–water partition coefficient (Wildman–Crippen LogP) is 4.34. The van der Waals surface area contributed by atoms with Crippen LogP contribution in [0.1, 0.15) is 5.56 Å². The topological polar surface area (TPSA) is 64.9 Å².